The van der Waals surface area contributed by atoms with Crippen LogP contribution in [0.4, 0.5) is 10.5 Å². The summed E-state index contributed by atoms with van der Waals surface area (Å²) in [4.78, 5) is 36.3. The summed E-state index contributed by atoms with van der Waals surface area (Å²) < 4.78 is 4.59. The van der Waals surface area contributed by atoms with Crippen LogP contribution in [0.5, 0.6) is 0 Å². The van der Waals surface area contributed by atoms with Crippen molar-refractivity contribution in [3.8, 4) is 0 Å². The molecule has 1 aliphatic rings. The molecule has 124 valence electrons. The van der Waals surface area contributed by atoms with Crippen molar-refractivity contribution in [3.05, 3.63) is 28.8 Å². The maximum absolute atomic E-state index is 12.2. The second-order valence-electron chi connectivity index (χ2n) is 5.65. The first-order valence-corrected chi connectivity index (χ1v) is 7.32. The molecule has 0 radical (unpaired) electrons. The van der Waals surface area contributed by atoms with E-state index in [1.807, 2.05) is 0 Å². The minimum atomic E-state index is -0.927. The third kappa shape index (κ3) is 3.56. The summed E-state index contributed by atoms with van der Waals surface area (Å²) >= 11 is 5.99. The van der Waals surface area contributed by atoms with Gasteiger partial charge in [0.15, 0.2) is 0 Å². The monoisotopic (exact) mass is 340 g/mol. The van der Waals surface area contributed by atoms with Crippen molar-refractivity contribution in [2.75, 3.05) is 25.5 Å². The average molecular weight is 341 g/mol. The third-order valence-corrected chi connectivity index (χ3v) is 4.22. The number of hydrogen-bond acceptors (Lipinski definition) is 4. The molecule has 1 atom stereocenters. The fraction of sp³-hybridized carbons (Fsp3) is 0.400. The predicted octanol–water partition coefficient (Wildman–Crippen LogP) is 2.46. The Morgan fingerprint density at radius 2 is 2.09 bits per heavy atom. The van der Waals surface area contributed by atoms with Crippen LogP contribution in [0.25, 0.3) is 0 Å². The van der Waals surface area contributed by atoms with Crippen LogP contribution in [0.15, 0.2) is 18.2 Å². The molecule has 1 heterocycles. The van der Waals surface area contributed by atoms with Gasteiger partial charge in [-0.15, -0.1) is 0 Å². The Labute approximate surface area is 138 Å². The van der Waals surface area contributed by atoms with Gasteiger partial charge in [0.1, 0.15) is 0 Å². The normalized spacial score (nSPS) is 20.2. The molecule has 0 aromatic heterocycles. The molecule has 23 heavy (non-hydrogen) atoms. The second-order valence-corrected chi connectivity index (χ2v) is 6.06. The zero-order valence-electron chi connectivity index (χ0n) is 12.8. The number of carboxylic acid groups (broad SMARTS) is 1. The Kier molecular flexibility index (Phi) is 4.79. The van der Waals surface area contributed by atoms with Gasteiger partial charge in [-0.05, 0) is 31.5 Å². The molecule has 2 amide bonds. The lowest BCUT2D eigenvalue weighted by Gasteiger charge is -2.20. The van der Waals surface area contributed by atoms with E-state index in [1.165, 1.54) is 30.2 Å². The van der Waals surface area contributed by atoms with Crippen molar-refractivity contribution >= 4 is 35.3 Å². The number of halogens is 1. The Balaban J connectivity index is 2.06. The van der Waals surface area contributed by atoms with Gasteiger partial charge in [-0.2, -0.15) is 0 Å². The van der Waals surface area contributed by atoms with E-state index in [2.05, 4.69) is 10.1 Å². The number of likely N-dealkylation sites (tertiary alicyclic amines) is 1. The molecule has 0 spiro atoms. The highest BCUT2D eigenvalue weighted by Crippen LogP contribution is 2.30. The molecule has 0 saturated carbocycles. The molecule has 1 aromatic rings. The Morgan fingerprint density at radius 3 is 2.61 bits per heavy atom. The van der Waals surface area contributed by atoms with Crippen LogP contribution in [0.2, 0.25) is 5.02 Å². The number of methoxy groups -OCH3 is 1. The average Bonchev–Trinajstić information content (AvgIpc) is 2.91. The van der Waals surface area contributed by atoms with E-state index in [0.29, 0.717) is 18.7 Å². The van der Waals surface area contributed by atoms with E-state index in [0.717, 1.165) is 0 Å². The van der Waals surface area contributed by atoms with Crippen molar-refractivity contribution in [3.63, 3.8) is 0 Å². The van der Waals surface area contributed by atoms with E-state index in [-0.39, 0.29) is 17.1 Å². The van der Waals surface area contributed by atoms with E-state index in [9.17, 15) is 19.5 Å². The molecule has 2 rings (SSSR count). The van der Waals surface area contributed by atoms with Gasteiger partial charge in [0.05, 0.1) is 23.1 Å². The van der Waals surface area contributed by atoms with Crippen LogP contribution in [0.1, 0.15) is 23.7 Å². The molecule has 7 nitrogen and oxygen atoms in total. The first-order chi connectivity index (χ1) is 10.8. The summed E-state index contributed by atoms with van der Waals surface area (Å²) in [7, 11) is 1.25. The number of aliphatic carboxylic acids is 1. The fourth-order valence-corrected chi connectivity index (χ4v) is 2.64. The lowest BCUT2D eigenvalue weighted by molar-refractivity contribution is -0.146. The molecule has 0 bridgehead atoms. The molecule has 2 N–H and O–H groups in total. The van der Waals surface area contributed by atoms with Gasteiger partial charge in [-0.3, -0.25) is 4.79 Å². The van der Waals surface area contributed by atoms with Crippen molar-refractivity contribution in [1.82, 2.24) is 4.90 Å². The number of hydrogen-bond donors (Lipinski definition) is 2. The number of esters is 1. The summed E-state index contributed by atoms with van der Waals surface area (Å²) in [6, 6.07) is 4.02. The number of carboxylic acids is 1. The van der Waals surface area contributed by atoms with Gasteiger partial charge in [-0.1, -0.05) is 11.6 Å². The molecule has 0 aliphatic carbocycles. The summed E-state index contributed by atoms with van der Waals surface area (Å²) in [6.45, 7) is 2.12. The van der Waals surface area contributed by atoms with Gasteiger partial charge >= 0.3 is 18.0 Å². The van der Waals surface area contributed by atoms with Crippen LogP contribution in [0, 0.1) is 5.41 Å². The van der Waals surface area contributed by atoms with Crippen molar-refractivity contribution < 1.29 is 24.2 Å². The first kappa shape index (κ1) is 17.1. The molecule has 8 heteroatoms. The molecule has 1 fully saturated rings. The van der Waals surface area contributed by atoms with E-state index >= 15 is 0 Å². The second kappa shape index (κ2) is 6.45. The summed E-state index contributed by atoms with van der Waals surface area (Å²) in [5.41, 5.74) is -0.313. The minimum absolute atomic E-state index is 0.141. The summed E-state index contributed by atoms with van der Waals surface area (Å²) in [6.07, 6.45) is 0.401. The molecule has 1 unspecified atom stereocenters. The lowest BCUT2D eigenvalue weighted by Crippen LogP contribution is -2.37. The number of urea groups is 1. The van der Waals surface area contributed by atoms with Crippen LogP contribution in [0.3, 0.4) is 0 Å². The maximum atomic E-state index is 12.2. The topological polar surface area (TPSA) is 95.9 Å². The van der Waals surface area contributed by atoms with Gasteiger partial charge < -0.3 is 20.1 Å². The number of nitrogens with zero attached hydrogens (tertiary/aromatic N) is 1. The Hall–Kier alpha value is -2.28. The highest BCUT2D eigenvalue weighted by atomic mass is 35.5. The van der Waals surface area contributed by atoms with Crippen LogP contribution in [-0.2, 0) is 9.53 Å². The Morgan fingerprint density at radius 1 is 1.39 bits per heavy atom. The maximum Gasteiger partial charge on any atom is 0.339 e. The smallest absolute Gasteiger partial charge is 0.339 e. The highest BCUT2D eigenvalue weighted by Gasteiger charge is 2.42. The largest absolute Gasteiger partial charge is 0.481 e. The zero-order valence-corrected chi connectivity index (χ0v) is 13.5. The van der Waals surface area contributed by atoms with Crippen LogP contribution >= 0.6 is 11.6 Å². The van der Waals surface area contributed by atoms with E-state index in [4.69, 9.17) is 11.6 Å². The first-order valence-electron chi connectivity index (χ1n) is 6.94. The SMILES string of the molecule is COC(=O)c1ccc(NC(=O)N2CCC(C)(C(=O)O)C2)cc1Cl. The van der Waals surface area contributed by atoms with E-state index in [1.54, 1.807) is 6.92 Å². The molecular weight excluding hydrogens is 324 g/mol. The standard InChI is InChI=1S/C15H17ClN2O5/c1-15(13(20)21)5-6-18(8-15)14(22)17-9-3-4-10(11(16)7-9)12(19)23-2/h3-4,7H,5-6,8H2,1-2H3,(H,17,22)(H,20,21). The number of amides is 2. The van der Waals surface area contributed by atoms with Gasteiger partial charge in [0.2, 0.25) is 0 Å². The predicted molar refractivity (Wildman–Crippen MR) is 83.7 cm³/mol. The van der Waals surface area contributed by atoms with Gasteiger partial charge in [-0.25, -0.2) is 9.59 Å². The minimum Gasteiger partial charge on any atom is -0.481 e. The lowest BCUT2D eigenvalue weighted by atomic mass is 9.90. The van der Waals surface area contributed by atoms with Gasteiger partial charge in [0.25, 0.3) is 0 Å². The third-order valence-electron chi connectivity index (χ3n) is 3.90. The molecule has 1 aliphatic heterocycles. The number of carbonyl (C=O) groups is 3. The van der Waals surface area contributed by atoms with Crippen molar-refractivity contribution in [2.24, 2.45) is 5.41 Å². The number of benzene rings is 1. The van der Waals surface area contributed by atoms with Gasteiger partial charge in [0, 0.05) is 18.8 Å². The van der Waals surface area contributed by atoms with Crippen molar-refractivity contribution in [2.45, 2.75) is 13.3 Å². The summed E-state index contributed by atoms with van der Waals surface area (Å²) in [5.74, 6) is -1.48. The Bertz CT molecular complexity index is 663. The number of nitrogens with one attached hydrogen (secondary N) is 1. The summed E-state index contributed by atoms with van der Waals surface area (Å²) in [5, 5.41) is 12.0. The number of anilines is 1. The van der Waals surface area contributed by atoms with E-state index < -0.39 is 23.4 Å². The fourth-order valence-electron chi connectivity index (χ4n) is 2.38. The molecule has 1 aromatic carbocycles. The van der Waals surface area contributed by atoms with Crippen LogP contribution < -0.4 is 5.32 Å². The quantitative estimate of drug-likeness (QED) is 0.824. The number of ether oxygens (including phenoxy) is 1. The highest BCUT2D eigenvalue weighted by molar-refractivity contribution is 6.33. The molecule has 1 saturated heterocycles. The number of rotatable bonds is 3. The van der Waals surface area contributed by atoms with Crippen LogP contribution in [-0.4, -0.2) is 48.2 Å². The van der Waals surface area contributed by atoms with Crippen molar-refractivity contribution in [1.29, 1.82) is 0 Å². The zero-order chi connectivity index (χ0) is 17.2. The molecular formula is C15H17ClN2O5. The number of carbonyl (C=O) groups excluding carboxylic acids is 2.